The molecule has 2 nitrogen and oxygen atoms in total. The molecule has 0 aliphatic carbocycles. The van der Waals surface area contributed by atoms with Crippen LogP contribution in [0.25, 0.3) is 0 Å². The highest BCUT2D eigenvalue weighted by Crippen LogP contribution is 2.22. The van der Waals surface area contributed by atoms with Gasteiger partial charge in [-0.1, -0.05) is 6.07 Å². The second kappa shape index (κ2) is 6.63. The van der Waals surface area contributed by atoms with E-state index in [-0.39, 0.29) is 18.3 Å². The Kier molecular flexibility index (Phi) is 4.85. The van der Waals surface area contributed by atoms with Crippen molar-refractivity contribution in [3.8, 4) is 5.75 Å². The molecule has 0 spiro atoms. The molecule has 112 valence electrons. The molecule has 0 aliphatic rings. The first-order valence-electron chi connectivity index (χ1n) is 6.51. The van der Waals surface area contributed by atoms with Crippen LogP contribution in [0.1, 0.15) is 24.1 Å². The average Bonchev–Trinajstić information content (AvgIpc) is 2.43. The number of benzene rings is 2. The topological polar surface area (TPSA) is 21.3 Å². The van der Waals surface area contributed by atoms with Crippen LogP contribution in [0, 0.1) is 17.5 Å². The summed E-state index contributed by atoms with van der Waals surface area (Å²) in [7, 11) is 1.40. The van der Waals surface area contributed by atoms with E-state index in [2.05, 4.69) is 5.32 Å². The highest BCUT2D eigenvalue weighted by atomic mass is 19.1. The highest BCUT2D eigenvalue weighted by molar-refractivity contribution is 5.31. The predicted octanol–water partition coefficient (Wildman–Crippen LogP) is 3.96. The van der Waals surface area contributed by atoms with E-state index < -0.39 is 17.5 Å². The van der Waals surface area contributed by atoms with E-state index >= 15 is 0 Å². The van der Waals surface area contributed by atoms with Gasteiger partial charge in [0.1, 0.15) is 11.6 Å². The zero-order valence-electron chi connectivity index (χ0n) is 11.8. The van der Waals surface area contributed by atoms with Crippen molar-refractivity contribution < 1.29 is 17.9 Å². The van der Waals surface area contributed by atoms with Crippen LogP contribution in [0.5, 0.6) is 5.75 Å². The van der Waals surface area contributed by atoms with E-state index in [1.807, 2.05) is 6.92 Å². The smallest absolute Gasteiger partial charge is 0.165 e. The number of nitrogens with one attached hydrogen (secondary N) is 1. The maximum Gasteiger partial charge on any atom is 0.165 e. The number of methoxy groups -OCH3 is 1. The molecular formula is C16H16F3NO. The van der Waals surface area contributed by atoms with Crippen molar-refractivity contribution >= 4 is 0 Å². The molecule has 2 aromatic carbocycles. The fourth-order valence-electron chi connectivity index (χ4n) is 2.05. The van der Waals surface area contributed by atoms with Crippen molar-refractivity contribution in [3.63, 3.8) is 0 Å². The molecule has 5 heteroatoms. The lowest BCUT2D eigenvalue weighted by Gasteiger charge is -2.15. The lowest BCUT2D eigenvalue weighted by molar-refractivity contribution is 0.385. The Balaban J connectivity index is 2.04. The summed E-state index contributed by atoms with van der Waals surface area (Å²) in [6.45, 7) is 2.13. The Bertz CT molecular complexity index is 611. The van der Waals surface area contributed by atoms with Gasteiger partial charge in [0.25, 0.3) is 0 Å². The maximum absolute atomic E-state index is 13.6. The maximum atomic E-state index is 13.6. The van der Waals surface area contributed by atoms with E-state index in [1.165, 1.54) is 25.3 Å². The van der Waals surface area contributed by atoms with Crippen molar-refractivity contribution in [2.24, 2.45) is 0 Å². The standard InChI is InChI=1S/C16H16F3NO/c1-10(12-3-4-16(21-2)15(19)7-12)20-9-11-5-13(17)8-14(18)6-11/h3-8,10,20H,9H2,1-2H3. The van der Waals surface area contributed by atoms with Gasteiger partial charge in [-0.05, 0) is 42.3 Å². The van der Waals surface area contributed by atoms with Gasteiger partial charge in [0.05, 0.1) is 7.11 Å². The number of hydrogen-bond donors (Lipinski definition) is 1. The fraction of sp³-hybridized carbons (Fsp3) is 0.250. The molecule has 1 unspecified atom stereocenters. The minimum absolute atomic E-state index is 0.170. The predicted molar refractivity (Wildman–Crippen MR) is 74.6 cm³/mol. The molecule has 0 aromatic heterocycles. The first kappa shape index (κ1) is 15.4. The molecule has 21 heavy (non-hydrogen) atoms. The van der Waals surface area contributed by atoms with Crippen LogP contribution in [0.4, 0.5) is 13.2 Å². The molecule has 0 bridgehead atoms. The van der Waals surface area contributed by atoms with Gasteiger partial charge < -0.3 is 10.1 Å². The summed E-state index contributed by atoms with van der Waals surface area (Å²) >= 11 is 0. The molecule has 0 saturated carbocycles. The van der Waals surface area contributed by atoms with Crippen LogP contribution in [-0.4, -0.2) is 7.11 Å². The van der Waals surface area contributed by atoms with Crippen LogP contribution in [0.2, 0.25) is 0 Å². The summed E-state index contributed by atoms with van der Waals surface area (Å²) in [5.74, 6) is -1.50. The van der Waals surface area contributed by atoms with E-state index in [9.17, 15) is 13.2 Å². The van der Waals surface area contributed by atoms with Crippen molar-refractivity contribution in [1.29, 1.82) is 0 Å². The third-order valence-electron chi connectivity index (χ3n) is 3.21. The fourth-order valence-corrected chi connectivity index (χ4v) is 2.05. The second-order valence-corrected chi connectivity index (χ2v) is 4.77. The van der Waals surface area contributed by atoms with Crippen molar-refractivity contribution in [2.75, 3.05) is 7.11 Å². The van der Waals surface area contributed by atoms with Gasteiger partial charge in [-0.2, -0.15) is 0 Å². The quantitative estimate of drug-likeness (QED) is 0.901. The zero-order chi connectivity index (χ0) is 15.4. The van der Waals surface area contributed by atoms with Crippen molar-refractivity contribution in [2.45, 2.75) is 19.5 Å². The Morgan fingerprint density at radius 2 is 1.71 bits per heavy atom. The SMILES string of the molecule is COc1ccc(C(C)NCc2cc(F)cc(F)c2)cc1F. The summed E-state index contributed by atoms with van der Waals surface area (Å²) < 4.78 is 44.6. The van der Waals surface area contributed by atoms with E-state index in [1.54, 1.807) is 12.1 Å². The Morgan fingerprint density at radius 1 is 1.05 bits per heavy atom. The number of hydrogen-bond acceptors (Lipinski definition) is 2. The number of rotatable bonds is 5. The third kappa shape index (κ3) is 3.98. The summed E-state index contributed by atoms with van der Waals surface area (Å²) in [5.41, 5.74) is 1.22. The Labute approximate surface area is 121 Å². The Hall–Kier alpha value is -2.01. The van der Waals surface area contributed by atoms with Crippen LogP contribution in [0.3, 0.4) is 0 Å². The van der Waals surface area contributed by atoms with Crippen LogP contribution < -0.4 is 10.1 Å². The molecule has 0 aliphatic heterocycles. The van der Waals surface area contributed by atoms with Gasteiger partial charge in [-0.15, -0.1) is 0 Å². The monoisotopic (exact) mass is 295 g/mol. The summed E-state index contributed by atoms with van der Waals surface area (Å²) in [5, 5.41) is 3.09. The first-order chi connectivity index (χ1) is 9.99. The number of ether oxygens (including phenoxy) is 1. The summed E-state index contributed by atoms with van der Waals surface area (Å²) in [6, 6.07) is 7.84. The van der Waals surface area contributed by atoms with Gasteiger partial charge in [0.15, 0.2) is 11.6 Å². The second-order valence-electron chi connectivity index (χ2n) is 4.77. The van der Waals surface area contributed by atoms with Crippen molar-refractivity contribution in [3.05, 3.63) is 65.0 Å². The molecule has 0 radical (unpaired) electrons. The van der Waals surface area contributed by atoms with Crippen LogP contribution in [-0.2, 0) is 6.54 Å². The normalized spacial score (nSPS) is 12.2. The molecule has 0 saturated heterocycles. The van der Waals surface area contributed by atoms with E-state index in [0.29, 0.717) is 5.56 Å². The molecule has 2 aromatic rings. The van der Waals surface area contributed by atoms with Crippen LogP contribution >= 0.6 is 0 Å². The van der Waals surface area contributed by atoms with Gasteiger partial charge in [-0.25, -0.2) is 13.2 Å². The molecule has 1 atom stereocenters. The minimum atomic E-state index is -0.616. The lowest BCUT2D eigenvalue weighted by atomic mass is 10.1. The largest absolute Gasteiger partial charge is 0.494 e. The molecule has 0 heterocycles. The molecule has 2 rings (SSSR count). The Morgan fingerprint density at radius 3 is 2.29 bits per heavy atom. The van der Waals surface area contributed by atoms with Gasteiger partial charge in [0.2, 0.25) is 0 Å². The summed E-state index contributed by atoms with van der Waals surface area (Å²) in [6.07, 6.45) is 0. The minimum Gasteiger partial charge on any atom is -0.494 e. The lowest BCUT2D eigenvalue weighted by Crippen LogP contribution is -2.18. The average molecular weight is 295 g/mol. The highest BCUT2D eigenvalue weighted by Gasteiger charge is 2.10. The zero-order valence-corrected chi connectivity index (χ0v) is 11.8. The first-order valence-corrected chi connectivity index (χ1v) is 6.51. The van der Waals surface area contributed by atoms with Crippen LogP contribution in [0.15, 0.2) is 36.4 Å². The van der Waals surface area contributed by atoms with Gasteiger partial charge in [0, 0.05) is 18.7 Å². The molecule has 0 amide bonds. The third-order valence-corrected chi connectivity index (χ3v) is 3.21. The molecule has 0 fully saturated rings. The van der Waals surface area contributed by atoms with Gasteiger partial charge in [-0.3, -0.25) is 0 Å². The van der Waals surface area contributed by atoms with Gasteiger partial charge >= 0.3 is 0 Å². The van der Waals surface area contributed by atoms with E-state index in [4.69, 9.17) is 4.74 Å². The molecule has 1 N–H and O–H groups in total. The number of halogens is 3. The van der Waals surface area contributed by atoms with Crippen molar-refractivity contribution in [1.82, 2.24) is 5.32 Å². The van der Waals surface area contributed by atoms with E-state index in [0.717, 1.165) is 11.6 Å². The molecular weight excluding hydrogens is 279 g/mol. The summed E-state index contributed by atoms with van der Waals surface area (Å²) in [4.78, 5) is 0.